The number of nitrogens with zero attached hydrogens (tertiary/aromatic N) is 1. The number of carbonyl (C=O) groups excluding carboxylic acids is 1. The number of thiophene rings is 1. The van der Waals surface area contributed by atoms with Gasteiger partial charge in [0.15, 0.2) is 0 Å². The predicted octanol–water partition coefficient (Wildman–Crippen LogP) is 3.74. The van der Waals surface area contributed by atoms with Gasteiger partial charge in [0.25, 0.3) is 5.91 Å². The molecule has 2 rings (SSSR count). The van der Waals surface area contributed by atoms with Crippen molar-refractivity contribution in [3.63, 3.8) is 0 Å². The molecule has 4 heteroatoms. The summed E-state index contributed by atoms with van der Waals surface area (Å²) in [5.74, 6) is 0.963. The zero-order chi connectivity index (χ0) is 13.0. The Morgan fingerprint density at radius 3 is 2.72 bits per heavy atom. The summed E-state index contributed by atoms with van der Waals surface area (Å²) in [6.07, 6.45) is 0. The van der Waals surface area contributed by atoms with Crippen molar-refractivity contribution in [3.8, 4) is 0 Å². The molecule has 0 atom stereocenters. The van der Waals surface area contributed by atoms with Crippen LogP contribution in [0.25, 0.3) is 0 Å². The zero-order valence-electron chi connectivity index (χ0n) is 10.4. The van der Waals surface area contributed by atoms with Gasteiger partial charge in [-0.2, -0.15) is 11.3 Å². The molecule has 18 heavy (non-hydrogen) atoms. The summed E-state index contributed by atoms with van der Waals surface area (Å²) in [6, 6.07) is 9.90. The first-order valence-corrected chi connectivity index (χ1v) is 7.56. The Morgan fingerprint density at radius 2 is 2.06 bits per heavy atom. The molecular formula is C14H15NOS2. The molecule has 2 aromatic rings. The van der Waals surface area contributed by atoms with Gasteiger partial charge < -0.3 is 4.90 Å². The highest BCUT2D eigenvalue weighted by Gasteiger charge is 2.12. The molecule has 94 valence electrons. The predicted molar refractivity (Wildman–Crippen MR) is 78.3 cm³/mol. The fourth-order valence-corrected chi connectivity index (χ4v) is 3.31. The maximum atomic E-state index is 12.0. The molecule has 0 N–H and O–H groups in total. The van der Waals surface area contributed by atoms with Crippen molar-refractivity contribution in [1.82, 2.24) is 4.90 Å². The maximum Gasteiger partial charge on any atom is 0.254 e. The van der Waals surface area contributed by atoms with Crippen LogP contribution in [0.4, 0.5) is 0 Å². The molecule has 0 fully saturated rings. The lowest BCUT2D eigenvalue weighted by atomic mass is 10.2. The van der Waals surface area contributed by atoms with E-state index >= 15 is 0 Å². The van der Waals surface area contributed by atoms with E-state index in [1.165, 1.54) is 5.56 Å². The second-order valence-corrected chi connectivity index (χ2v) is 5.91. The van der Waals surface area contributed by atoms with Gasteiger partial charge in [-0.15, -0.1) is 11.8 Å². The largest absolute Gasteiger partial charge is 0.345 e. The minimum absolute atomic E-state index is 0.0587. The molecule has 0 aliphatic rings. The van der Waals surface area contributed by atoms with Crippen molar-refractivity contribution >= 4 is 29.0 Å². The van der Waals surface area contributed by atoms with Gasteiger partial charge in [0.05, 0.1) is 5.56 Å². The van der Waals surface area contributed by atoms with Crippen LogP contribution in [0.2, 0.25) is 0 Å². The summed E-state index contributed by atoms with van der Waals surface area (Å²) in [7, 11) is 3.56. The summed E-state index contributed by atoms with van der Waals surface area (Å²) >= 11 is 3.41. The van der Waals surface area contributed by atoms with Gasteiger partial charge in [-0.1, -0.05) is 12.1 Å². The summed E-state index contributed by atoms with van der Waals surface area (Å²) < 4.78 is 0. The zero-order valence-corrected chi connectivity index (χ0v) is 12.1. The van der Waals surface area contributed by atoms with Gasteiger partial charge in [0.2, 0.25) is 0 Å². The van der Waals surface area contributed by atoms with Crippen LogP contribution in [0, 0.1) is 0 Å². The molecule has 1 amide bonds. The van der Waals surface area contributed by atoms with Crippen molar-refractivity contribution in [2.45, 2.75) is 10.6 Å². The van der Waals surface area contributed by atoms with E-state index < -0.39 is 0 Å². The van der Waals surface area contributed by atoms with Crippen LogP contribution in [0.15, 0.2) is 46.0 Å². The first-order valence-electron chi connectivity index (χ1n) is 5.63. The Hall–Kier alpha value is -1.26. The Morgan fingerprint density at radius 1 is 1.28 bits per heavy atom. The van der Waals surface area contributed by atoms with Crippen molar-refractivity contribution in [2.24, 2.45) is 0 Å². The van der Waals surface area contributed by atoms with Crippen molar-refractivity contribution in [3.05, 3.63) is 52.2 Å². The molecule has 0 aliphatic heterocycles. The molecule has 0 bridgehead atoms. The number of thioether (sulfide) groups is 1. The Kier molecular flexibility index (Phi) is 4.44. The number of carbonyl (C=O) groups is 1. The molecular weight excluding hydrogens is 262 g/mol. The quantitative estimate of drug-likeness (QED) is 0.793. The fourth-order valence-electron chi connectivity index (χ4n) is 1.55. The van der Waals surface area contributed by atoms with Crippen LogP contribution in [-0.2, 0) is 5.75 Å². The van der Waals surface area contributed by atoms with E-state index in [1.807, 2.05) is 24.3 Å². The average Bonchev–Trinajstić information content (AvgIpc) is 2.89. The van der Waals surface area contributed by atoms with Crippen LogP contribution >= 0.6 is 23.1 Å². The van der Waals surface area contributed by atoms with Gasteiger partial charge in [-0.25, -0.2) is 0 Å². The minimum atomic E-state index is 0.0587. The molecule has 1 heterocycles. The van der Waals surface area contributed by atoms with Gasteiger partial charge in [-0.3, -0.25) is 4.79 Å². The first kappa shape index (κ1) is 13.2. The van der Waals surface area contributed by atoms with E-state index in [9.17, 15) is 4.79 Å². The van der Waals surface area contributed by atoms with Gasteiger partial charge >= 0.3 is 0 Å². The molecule has 0 saturated carbocycles. The normalized spacial score (nSPS) is 10.3. The van der Waals surface area contributed by atoms with Gasteiger partial charge in [-0.05, 0) is 34.5 Å². The minimum Gasteiger partial charge on any atom is -0.345 e. The molecule has 1 aromatic heterocycles. The van der Waals surface area contributed by atoms with Crippen molar-refractivity contribution < 1.29 is 4.79 Å². The van der Waals surface area contributed by atoms with Gasteiger partial charge in [0, 0.05) is 24.7 Å². The SMILES string of the molecule is CN(C)C(=O)c1ccccc1SCc1ccsc1. The highest BCUT2D eigenvalue weighted by Crippen LogP contribution is 2.27. The molecule has 2 nitrogen and oxygen atoms in total. The van der Waals surface area contributed by atoms with Crippen LogP contribution in [0.5, 0.6) is 0 Å². The molecule has 0 unspecified atom stereocenters. The van der Waals surface area contributed by atoms with E-state index in [4.69, 9.17) is 0 Å². The number of benzene rings is 1. The fraction of sp³-hybridized carbons (Fsp3) is 0.214. The third kappa shape index (κ3) is 3.15. The Bertz CT molecular complexity index is 520. The number of amides is 1. The summed E-state index contributed by atoms with van der Waals surface area (Å²) in [6.45, 7) is 0. The van der Waals surface area contributed by atoms with E-state index in [0.29, 0.717) is 0 Å². The average molecular weight is 277 g/mol. The number of rotatable bonds is 4. The van der Waals surface area contributed by atoms with Crippen molar-refractivity contribution in [1.29, 1.82) is 0 Å². The highest BCUT2D eigenvalue weighted by atomic mass is 32.2. The monoisotopic (exact) mass is 277 g/mol. The topological polar surface area (TPSA) is 20.3 Å². The van der Waals surface area contributed by atoms with Crippen LogP contribution in [0.3, 0.4) is 0 Å². The lowest BCUT2D eigenvalue weighted by Gasteiger charge is -2.13. The molecule has 0 radical (unpaired) electrons. The Labute approximate surface area is 116 Å². The lowest BCUT2D eigenvalue weighted by molar-refractivity contribution is 0.0824. The second-order valence-electron chi connectivity index (χ2n) is 4.12. The molecule has 0 spiro atoms. The second kappa shape index (κ2) is 6.07. The maximum absolute atomic E-state index is 12.0. The first-order chi connectivity index (χ1) is 8.68. The van der Waals surface area contributed by atoms with E-state index in [0.717, 1.165) is 16.2 Å². The van der Waals surface area contributed by atoms with Crippen LogP contribution < -0.4 is 0 Å². The summed E-state index contributed by atoms with van der Waals surface area (Å²) in [4.78, 5) is 14.7. The van der Waals surface area contributed by atoms with Gasteiger partial charge in [0.1, 0.15) is 0 Å². The Balaban J connectivity index is 2.15. The van der Waals surface area contributed by atoms with Crippen molar-refractivity contribution in [2.75, 3.05) is 14.1 Å². The molecule has 0 aliphatic carbocycles. The number of hydrogen-bond donors (Lipinski definition) is 0. The molecule has 1 aromatic carbocycles. The third-order valence-electron chi connectivity index (χ3n) is 2.50. The van der Waals surface area contributed by atoms with E-state index in [2.05, 4.69) is 16.8 Å². The highest BCUT2D eigenvalue weighted by molar-refractivity contribution is 7.98. The standard InChI is InChI=1S/C14H15NOS2/c1-15(2)14(16)12-5-3-4-6-13(12)18-10-11-7-8-17-9-11/h3-9H,10H2,1-2H3. The van der Waals surface area contributed by atoms with E-state index in [1.54, 1.807) is 42.1 Å². The summed E-state index contributed by atoms with van der Waals surface area (Å²) in [5, 5.41) is 4.22. The third-order valence-corrected chi connectivity index (χ3v) is 4.37. The van der Waals surface area contributed by atoms with Crippen LogP contribution in [-0.4, -0.2) is 24.9 Å². The smallest absolute Gasteiger partial charge is 0.254 e. The molecule has 0 saturated heterocycles. The van der Waals surface area contributed by atoms with E-state index in [-0.39, 0.29) is 5.91 Å². The lowest BCUT2D eigenvalue weighted by Crippen LogP contribution is -2.22. The number of hydrogen-bond acceptors (Lipinski definition) is 3. The summed E-state index contributed by atoms with van der Waals surface area (Å²) in [5.41, 5.74) is 2.08. The van der Waals surface area contributed by atoms with Crippen LogP contribution in [0.1, 0.15) is 15.9 Å².